The Morgan fingerprint density at radius 3 is 2.81 bits per heavy atom. The summed E-state index contributed by atoms with van der Waals surface area (Å²) in [6.07, 6.45) is 2.46. The van der Waals surface area contributed by atoms with Crippen molar-refractivity contribution >= 4 is 27.5 Å². The van der Waals surface area contributed by atoms with Crippen molar-refractivity contribution in [2.24, 2.45) is 0 Å². The van der Waals surface area contributed by atoms with E-state index in [0.717, 1.165) is 11.3 Å². The summed E-state index contributed by atoms with van der Waals surface area (Å²) in [5, 5.41) is 9.58. The maximum absolute atomic E-state index is 13.1. The molecule has 4 aromatic heterocycles. The topological polar surface area (TPSA) is 98.2 Å². The number of carboxylic acid groups (broad SMARTS) is 1. The molecule has 0 spiro atoms. The van der Waals surface area contributed by atoms with Crippen molar-refractivity contribution in [1.29, 1.82) is 0 Å². The number of carboxylic acids is 1. The molecule has 7 nitrogen and oxygen atoms in total. The van der Waals surface area contributed by atoms with Crippen LogP contribution < -0.4 is 5.56 Å². The van der Waals surface area contributed by atoms with Gasteiger partial charge in [0.1, 0.15) is 16.3 Å². The van der Waals surface area contributed by atoms with E-state index in [1.807, 2.05) is 19.1 Å². The van der Waals surface area contributed by atoms with E-state index in [2.05, 4.69) is 9.97 Å². The summed E-state index contributed by atoms with van der Waals surface area (Å²) < 4.78 is 6.80. The average molecular weight is 381 g/mol. The van der Waals surface area contributed by atoms with Gasteiger partial charge in [0.05, 0.1) is 11.9 Å². The summed E-state index contributed by atoms with van der Waals surface area (Å²) >= 11 is 1.49. The molecule has 8 heteroatoms. The molecule has 1 N–H and O–H groups in total. The molecule has 0 amide bonds. The lowest BCUT2D eigenvalue weighted by atomic mass is 10.2. The third-order valence-electron chi connectivity index (χ3n) is 4.13. The first-order valence-corrected chi connectivity index (χ1v) is 9.15. The molecule has 136 valence electrons. The van der Waals surface area contributed by atoms with Gasteiger partial charge in [-0.05, 0) is 36.8 Å². The molecule has 0 saturated heterocycles. The number of aryl methyl sites for hydroxylation is 1. The lowest BCUT2D eigenvalue weighted by Crippen LogP contribution is -2.23. The highest BCUT2D eigenvalue weighted by atomic mass is 32.1. The Balaban J connectivity index is 1.91. The molecule has 4 rings (SSSR count). The van der Waals surface area contributed by atoms with Crippen molar-refractivity contribution in [3.8, 4) is 11.5 Å². The molecule has 27 heavy (non-hydrogen) atoms. The highest BCUT2D eigenvalue weighted by Crippen LogP contribution is 2.25. The number of carbonyl (C=O) groups is 1. The maximum Gasteiger partial charge on any atom is 0.371 e. The molecule has 0 fully saturated rings. The molecule has 0 radical (unpaired) electrons. The van der Waals surface area contributed by atoms with Crippen LogP contribution in [0.2, 0.25) is 0 Å². The van der Waals surface area contributed by atoms with Gasteiger partial charge in [-0.2, -0.15) is 0 Å². The monoisotopic (exact) mass is 381 g/mol. The number of aromatic carboxylic acids is 1. The van der Waals surface area contributed by atoms with Crippen LogP contribution in [-0.2, 0) is 13.0 Å². The van der Waals surface area contributed by atoms with Crippen LogP contribution in [0.1, 0.15) is 28.1 Å². The number of hydrogen-bond acceptors (Lipinski definition) is 6. The predicted molar refractivity (Wildman–Crippen MR) is 101 cm³/mol. The van der Waals surface area contributed by atoms with Crippen molar-refractivity contribution in [1.82, 2.24) is 14.5 Å². The second kappa shape index (κ2) is 6.81. The maximum atomic E-state index is 13.1. The quantitative estimate of drug-likeness (QED) is 0.569. The zero-order valence-electron chi connectivity index (χ0n) is 14.4. The van der Waals surface area contributed by atoms with E-state index in [-0.39, 0.29) is 17.9 Å². The van der Waals surface area contributed by atoms with Gasteiger partial charge in [0, 0.05) is 11.1 Å². The number of fused-ring (bicyclic) bond motifs is 1. The van der Waals surface area contributed by atoms with Crippen molar-refractivity contribution < 1.29 is 14.3 Å². The Bertz CT molecular complexity index is 1190. The number of rotatable bonds is 5. The smallest absolute Gasteiger partial charge is 0.371 e. The van der Waals surface area contributed by atoms with Crippen molar-refractivity contribution in [2.45, 2.75) is 19.9 Å². The first kappa shape index (κ1) is 17.2. The molecular formula is C19H15N3O4S. The Morgan fingerprint density at radius 2 is 2.15 bits per heavy atom. The fraction of sp³-hybridized carbons (Fsp3) is 0.158. The fourth-order valence-electron chi connectivity index (χ4n) is 2.81. The van der Waals surface area contributed by atoms with Gasteiger partial charge in [-0.3, -0.25) is 14.3 Å². The highest BCUT2D eigenvalue weighted by molar-refractivity contribution is 7.18. The van der Waals surface area contributed by atoms with Crippen LogP contribution in [0, 0.1) is 0 Å². The van der Waals surface area contributed by atoms with E-state index in [4.69, 9.17) is 9.52 Å². The van der Waals surface area contributed by atoms with Crippen molar-refractivity contribution in [3.63, 3.8) is 0 Å². The minimum Gasteiger partial charge on any atom is -0.475 e. The van der Waals surface area contributed by atoms with E-state index in [9.17, 15) is 9.59 Å². The van der Waals surface area contributed by atoms with Crippen molar-refractivity contribution in [2.75, 3.05) is 0 Å². The Hall–Kier alpha value is -3.26. The van der Waals surface area contributed by atoms with Crippen LogP contribution in [0.3, 0.4) is 0 Å². The summed E-state index contributed by atoms with van der Waals surface area (Å²) in [7, 11) is 0. The molecule has 4 heterocycles. The summed E-state index contributed by atoms with van der Waals surface area (Å²) in [4.78, 5) is 34.9. The number of thiophene rings is 1. The van der Waals surface area contributed by atoms with Gasteiger partial charge in [-0.15, -0.1) is 11.3 Å². The van der Waals surface area contributed by atoms with E-state index in [1.54, 1.807) is 24.4 Å². The molecule has 0 aliphatic heterocycles. The summed E-state index contributed by atoms with van der Waals surface area (Å²) in [5.74, 6) is -0.544. The fourth-order valence-corrected chi connectivity index (χ4v) is 3.77. The summed E-state index contributed by atoms with van der Waals surface area (Å²) in [6.45, 7) is 2.09. The van der Waals surface area contributed by atoms with Gasteiger partial charge >= 0.3 is 5.97 Å². The number of furan rings is 1. The lowest BCUT2D eigenvalue weighted by Gasteiger charge is -2.10. The van der Waals surface area contributed by atoms with E-state index >= 15 is 0 Å². The first-order chi connectivity index (χ1) is 13.1. The molecular weight excluding hydrogens is 366 g/mol. The van der Waals surface area contributed by atoms with Crippen molar-refractivity contribution in [3.05, 3.63) is 69.3 Å². The highest BCUT2D eigenvalue weighted by Gasteiger charge is 2.18. The van der Waals surface area contributed by atoms with Gasteiger partial charge in [-0.25, -0.2) is 9.78 Å². The van der Waals surface area contributed by atoms with E-state index < -0.39 is 5.97 Å². The second-order valence-electron chi connectivity index (χ2n) is 5.90. The first-order valence-electron chi connectivity index (χ1n) is 8.33. The largest absolute Gasteiger partial charge is 0.475 e. The van der Waals surface area contributed by atoms with Crippen LogP contribution in [0.4, 0.5) is 0 Å². The second-order valence-corrected chi connectivity index (χ2v) is 7.01. The zero-order chi connectivity index (χ0) is 19.0. The third kappa shape index (κ3) is 3.15. The zero-order valence-corrected chi connectivity index (χ0v) is 15.2. The van der Waals surface area contributed by atoms with Crippen LogP contribution in [0.15, 0.2) is 51.8 Å². The summed E-state index contributed by atoms with van der Waals surface area (Å²) in [6, 6.07) is 10.2. The molecule has 0 bridgehead atoms. The number of hydrogen-bond donors (Lipinski definition) is 1. The SMILES string of the molecule is CCc1cc2c(=O)n(Cc3ccc(C(=O)O)o3)c(-c3ccccn3)nc2s1. The molecule has 0 aliphatic carbocycles. The van der Waals surface area contributed by atoms with Gasteiger partial charge in [-0.1, -0.05) is 13.0 Å². The molecule has 0 saturated carbocycles. The normalized spacial score (nSPS) is 11.1. The van der Waals surface area contributed by atoms with Gasteiger partial charge in [0.2, 0.25) is 5.76 Å². The molecule has 0 aromatic carbocycles. The Kier molecular flexibility index (Phi) is 4.33. The lowest BCUT2D eigenvalue weighted by molar-refractivity contribution is 0.0660. The number of pyridine rings is 1. The predicted octanol–water partition coefficient (Wildman–Crippen LogP) is 3.42. The number of aromatic nitrogens is 3. The minimum atomic E-state index is -1.16. The minimum absolute atomic E-state index is 0.0677. The molecule has 0 atom stereocenters. The number of nitrogens with zero attached hydrogens (tertiary/aromatic N) is 3. The summed E-state index contributed by atoms with van der Waals surface area (Å²) in [5.41, 5.74) is 0.359. The molecule has 0 unspecified atom stereocenters. The van der Waals surface area contributed by atoms with E-state index in [1.165, 1.54) is 22.0 Å². The average Bonchev–Trinajstić information content (AvgIpc) is 3.31. The Morgan fingerprint density at radius 1 is 1.30 bits per heavy atom. The van der Waals surface area contributed by atoms with Crippen LogP contribution >= 0.6 is 11.3 Å². The van der Waals surface area contributed by atoms with E-state index in [0.29, 0.717) is 27.5 Å². The van der Waals surface area contributed by atoms with Gasteiger partial charge in [0.25, 0.3) is 5.56 Å². The molecule has 0 aliphatic rings. The van der Waals surface area contributed by atoms with Crippen LogP contribution in [0.25, 0.3) is 21.7 Å². The van der Waals surface area contributed by atoms with Crippen LogP contribution in [-0.4, -0.2) is 25.6 Å². The molecule has 4 aromatic rings. The standard InChI is InChI=1S/C19H15N3O4S/c1-2-12-9-13-17(27-12)21-16(14-5-3-4-8-20-14)22(18(13)23)10-11-6-7-15(26-11)19(24)25/h3-9H,2,10H2,1H3,(H,24,25). The van der Waals surface area contributed by atoms with Gasteiger partial charge in [0.15, 0.2) is 5.82 Å². The third-order valence-corrected chi connectivity index (χ3v) is 5.30. The van der Waals surface area contributed by atoms with Crippen LogP contribution in [0.5, 0.6) is 0 Å². The van der Waals surface area contributed by atoms with Gasteiger partial charge < -0.3 is 9.52 Å². The Labute approximate surface area is 157 Å².